The summed E-state index contributed by atoms with van der Waals surface area (Å²) in [6.07, 6.45) is 3.97. The van der Waals surface area contributed by atoms with E-state index in [0.29, 0.717) is 23.0 Å². The molecule has 154 valence electrons. The van der Waals surface area contributed by atoms with E-state index in [9.17, 15) is 14.0 Å². The molecular weight excluding hydrogens is 395 g/mol. The minimum absolute atomic E-state index is 0.122. The molecule has 0 spiro atoms. The lowest BCUT2D eigenvalue weighted by molar-refractivity contribution is 0.585. The molecule has 0 aliphatic rings. The number of rotatable bonds is 5. The molecule has 3 heterocycles. The summed E-state index contributed by atoms with van der Waals surface area (Å²) in [5.41, 5.74) is 2.13. The van der Waals surface area contributed by atoms with Gasteiger partial charge in [0.1, 0.15) is 11.5 Å². The van der Waals surface area contributed by atoms with Gasteiger partial charge in [-0.05, 0) is 47.9 Å². The summed E-state index contributed by atoms with van der Waals surface area (Å²) in [4.78, 5) is 33.9. The molecule has 0 saturated carbocycles. The van der Waals surface area contributed by atoms with Gasteiger partial charge in [-0.15, -0.1) is 0 Å². The van der Waals surface area contributed by atoms with Gasteiger partial charge in [-0.25, -0.2) is 14.2 Å². The normalized spacial score (nSPS) is 11.4. The summed E-state index contributed by atoms with van der Waals surface area (Å²) >= 11 is 0. The van der Waals surface area contributed by atoms with Crippen molar-refractivity contribution in [3.8, 4) is 0 Å². The molecule has 6 nitrogen and oxygen atoms in total. The van der Waals surface area contributed by atoms with Crippen LogP contribution in [0.1, 0.15) is 11.1 Å². The van der Waals surface area contributed by atoms with Gasteiger partial charge in [0.2, 0.25) is 0 Å². The third-order valence-electron chi connectivity index (χ3n) is 5.49. The van der Waals surface area contributed by atoms with Crippen molar-refractivity contribution >= 4 is 21.9 Å². The van der Waals surface area contributed by atoms with E-state index in [1.807, 2.05) is 30.5 Å². The standard InChI is InChI=1S/C24H19FN4O2/c25-18-6-3-5-16(13-18)15-29-22-20(8-4-11-26-22)23(30)28(24(29)31)12-10-17-14-27-21-9-2-1-7-19(17)21/h1-9,11,13-14,27H,10,12,15H2. The molecule has 0 aliphatic carbocycles. The van der Waals surface area contributed by atoms with Crippen molar-refractivity contribution in [2.45, 2.75) is 19.5 Å². The van der Waals surface area contributed by atoms with Gasteiger partial charge < -0.3 is 4.98 Å². The number of fused-ring (bicyclic) bond motifs is 2. The predicted molar refractivity (Wildman–Crippen MR) is 118 cm³/mol. The fraction of sp³-hybridized carbons (Fsp3) is 0.125. The average molecular weight is 414 g/mol. The largest absolute Gasteiger partial charge is 0.361 e. The second-order valence-electron chi connectivity index (χ2n) is 7.44. The number of hydrogen-bond donors (Lipinski definition) is 1. The molecule has 0 radical (unpaired) electrons. The van der Waals surface area contributed by atoms with Gasteiger partial charge in [0, 0.05) is 29.8 Å². The number of benzene rings is 2. The number of nitrogens with zero attached hydrogens (tertiary/aromatic N) is 3. The molecule has 0 saturated heterocycles. The maximum absolute atomic E-state index is 13.7. The molecule has 0 fully saturated rings. The molecule has 2 aromatic carbocycles. The number of hydrogen-bond acceptors (Lipinski definition) is 3. The van der Waals surface area contributed by atoms with Gasteiger partial charge in [-0.3, -0.25) is 13.9 Å². The van der Waals surface area contributed by atoms with Crippen molar-refractivity contribution in [3.63, 3.8) is 0 Å². The van der Waals surface area contributed by atoms with Crippen LogP contribution in [0.2, 0.25) is 0 Å². The molecule has 31 heavy (non-hydrogen) atoms. The summed E-state index contributed by atoms with van der Waals surface area (Å²) < 4.78 is 16.3. The zero-order chi connectivity index (χ0) is 21.4. The van der Waals surface area contributed by atoms with Crippen LogP contribution in [0.25, 0.3) is 21.9 Å². The molecule has 1 N–H and O–H groups in total. The Hall–Kier alpha value is -4.00. The monoisotopic (exact) mass is 414 g/mol. The SMILES string of the molecule is O=c1c2cccnc2n(Cc2cccc(F)c2)c(=O)n1CCc1c[nH]c2ccccc12. The van der Waals surface area contributed by atoms with Crippen LogP contribution in [0.3, 0.4) is 0 Å². The van der Waals surface area contributed by atoms with Crippen LogP contribution in [0.5, 0.6) is 0 Å². The predicted octanol–water partition coefficient (Wildman–Crippen LogP) is 3.47. The van der Waals surface area contributed by atoms with E-state index in [1.54, 1.807) is 30.5 Å². The van der Waals surface area contributed by atoms with Gasteiger partial charge in [0.25, 0.3) is 5.56 Å². The van der Waals surface area contributed by atoms with Crippen LogP contribution in [0.15, 0.2) is 82.6 Å². The lowest BCUT2D eigenvalue weighted by Gasteiger charge is -2.13. The maximum Gasteiger partial charge on any atom is 0.332 e. The topological polar surface area (TPSA) is 72.7 Å². The van der Waals surface area contributed by atoms with Gasteiger partial charge >= 0.3 is 5.69 Å². The highest BCUT2D eigenvalue weighted by Crippen LogP contribution is 2.18. The number of pyridine rings is 1. The Kier molecular flexibility index (Phi) is 4.71. The first-order valence-corrected chi connectivity index (χ1v) is 9.99. The van der Waals surface area contributed by atoms with Crippen molar-refractivity contribution in [2.24, 2.45) is 0 Å². The van der Waals surface area contributed by atoms with Crippen molar-refractivity contribution in [1.29, 1.82) is 0 Å². The van der Waals surface area contributed by atoms with Crippen LogP contribution in [-0.2, 0) is 19.5 Å². The summed E-state index contributed by atoms with van der Waals surface area (Å²) in [5, 5.41) is 1.43. The molecule has 7 heteroatoms. The number of para-hydroxylation sites is 1. The zero-order valence-corrected chi connectivity index (χ0v) is 16.6. The van der Waals surface area contributed by atoms with E-state index < -0.39 is 5.69 Å². The minimum Gasteiger partial charge on any atom is -0.361 e. The second-order valence-corrected chi connectivity index (χ2v) is 7.44. The Morgan fingerprint density at radius 2 is 1.77 bits per heavy atom. The number of nitrogens with one attached hydrogen (secondary N) is 1. The quantitative estimate of drug-likeness (QED) is 0.479. The number of H-pyrrole nitrogens is 1. The highest BCUT2D eigenvalue weighted by atomic mass is 19.1. The van der Waals surface area contributed by atoms with E-state index in [1.165, 1.54) is 21.3 Å². The van der Waals surface area contributed by atoms with Crippen LogP contribution >= 0.6 is 0 Å². The third kappa shape index (κ3) is 3.44. The Labute approximate surface area is 176 Å². The lowest BCUT2D eigenvalue weighted by atomic mass is 10.1. The molecular formula is C24H19FN4O2. The summed E-state index contributed by atoms with van der Waals surface area (Å²) in [6, 6.07) is 17.3. The second kappa shape index (κ2) is 7.68. The van der Waals surface area contributed by atoms with Crippen LogP contribution < -0.4 is 11.2 Å². The molecule has 5 rings (SSSR count). The highest BCUT2D eigenvalue weighted by molar-refractivity contribution is 5.83. The smallest absolute Gasteiger partial charge is 0.332 e. The number of aryl methyl sites for hydroxylation is 1. The highest BCUT2D eigenvalue weighted by Gasteiger charge is 2.15. The fourth-order valence-corrected chi connectivity index (χ4v) is 3.98. The molecule has 0 bridgehead atoms. The van der Waals surface area contributed by atoms with Gasteiger partial charge in [0.15, 0.2) is 0 Å². The summed E-state index contributed by atoms with van der Waals surface area (Å²) in [7, 11) is 0. The molecule has 0 unspecified atom stereocenters. The van der Waals surface area contributed by atoms with Crippen molar-refractivity contribution in [2.75, 3.05) is 0 Å². The van der Waals surface area contributed by atoms with Crippen molar-refractivity contribution in [3.05, 3.63) is 111 Å². The van der Waals surface area contributed by atoms with E-state index >= 15 is 0 Å². The number of halogens is 1. The molecule has 0 aliphatic heterocycles. The Bertz CT molecular complexity index is 1530. The van der Waals surface area contributed by atoms with Crippen LogP contribution in [-0.4, -0.2) is 19.1 Å². The van der Waals surface area contributed by atoms with E-state index in [4.69, 9.17) is 0 Å². The first kappa shape index (κ1) is 19.0. The first-order chi connectivity index (χ1) is 15.1. The average Bonchev–Trinajstić information content (AvgIpc) is 3.20. The van der Waals surface area contributed by atoms with Crippen molar-refractivity contribution < 1.29 is 4.39 Å². The Morgan fingerprint density at radius 3 is 2.65 bits per heavy atom. The lowest BCUT2D eigenvalue weighted by Crippen LogP contribution is -2.41. The molecule has 3 aromatic heterocycles. The zero-order valence-electron chi connectivity index (χ0n) is 16.6. The summed E-state index contributed by atoms with van der Waals surface area (Å²) in [6.45, 7) is 0.352. The van der Waals surface area contributed by atoms with Gasteiger partial charge in [-0.1, -0.05) is 30.3 Å². The van der Waals surface area contributed by atoms with Crippen molar-refractivity contribution in [1.82, 2.24) is 19.1 Å². The van der Waals surface area contributed by atoms with E-state index in [-0.39, 0.29) is 24.5 Å². The number of aromatic amines is 1. The van der Waals surface area contributed by atoms with Crippen LogP contribution in [0, 0.1) is 5.82 Å². The van der Waals surface area contributed by atoms with Crippen LogP contribution in [0.4, 0.5) is 4.39 Å². The Morgan fingerprint density at radius 1 is 0.935 bits per heavy atom. The molecule has 0 atom stereocenters. The molecule has 0 amide bonds. The molecule has 5 aromatic rings. The third-order valence-corrected chi connectivity index (χ3v) is 5.49. The van der Waals surface area contributed by atoms with E-state index in [0.717, 1.165) is 16.5 Å². The number of aromatic nitrogens is 4. The van der Waals surface area contributed by atoms with E-state index in [2.05, 4.69) is 9.97 Å². The minimum atomic E-state index is -0.458. The Balaban J connectivity index is 1.59. The fourth-order valence-electron chi connectivity index (χ4n) is 3.98. The first-order valence-electron chi connectivity index (χ1n) is 9.99. The summed E-state index contributed by atoms with van der Waals surface area (Å²) in [5.74, 6) is -0.379. The van der Waals surface area contributed by atoms with Gasteiger partial charge in [-0.2, -0.15) is 0 Å². The van der Waals surface area contributed by atoms with Gasteiger partial charge in [0.05, 0.1) is 11.9 Å². The maximum atomic E-state index is 13.7.